The Labute approximate surface area is 180 Å². The number of rotatable bonds is 7. The molecular formula is C23H30O8. The fourth-order valence-corrected chi connectivity index (χ4v) is 3.81. The molecule has 8 nitrogen and oxygen atoms in total. The van der Waals surface area contributed by atoms with Crippen molar-refractivity contribution >= 4 is 11.6 Å². The summed E-state index contributed by atoms with van der Waals surface area (Å²) >= 11 is 0. The molecule has 8 heteroatoms. The summed E-state index contributed by atoms with van der Waals surface area (Å²) in [5, 5.41) is 63.7. The standard InChI is InChI=1S/C23H30O8/c1-6-8-14(25)15-18(27)10(3)17(26)11(19(15)28)9-12-20(29)16(13(24)7-2)22(31)23(4,5)21(12)30/h20,26-31H,6-9H2,1-5H3/t20-/m0/s1. The van der Waals surface area contributed by atoms with Gasteiger partial charge in [-0.15, -0.1) is 0 Å². The second kappa shape index (κ2) is 8.63. The van der Waals surface area contributed by atoms with E-state index in [-0.39, 0.29) is 40.7 Å². The number of hydrogen-bond donors (Lipinski definition) is 6. The van der Waals surface area contributed by atoms with Crippen LogP contribution in [0.2, 0.25) is 0 Å². The predicted molar refractivity (Wildman–Crippen MR) is 114 cm³/mol. The Kier molecular flexibility index (Phi) is 6.75. The number of phenols is 3. The Morgan fingerprint density at radius 2 is 1.48 bits per heavy atom. The van der Waals surface area contributed by atoms with Crippen molar-refractivity contribution in [1.29, 1.82) is 0 Å². The number of Topliss-reactive ketones (excluding diaryl/α,β-unsaturated/α-hetero) is 2. The monoisotopic (exact) mass is 434 g/mol. The molecule has 1 atom stereocenters. The van der Waals surface area contributed by atoms with E-state index in [1.54, 1.807) is 13.8 Å². The molecule has 0 amide bonds. The minimum absolute atomic E-state index is 0.00502. The zero-order valence-corrected chi connectivity index (χ0v) is 18.4. The van der Waals surface area contributed by atoms with Gasteiger partial charge in [0.25, 0.3) is 0 Å². The lowest BCUT2D eigenvalue weighted by Crippen LogP contribution is -2.36. The SMILES string of the molecule is CCCC(=O)c1c(O)c(C)c(O)c(CC2=C(O)C(C)(C)C(O)=C(C(=O)CC)[C@H]2O)c1O. The molecule has 0 unspecified atom stereocenters. The number of aliphatic hydroxyl groups excluding tert-OH is 3. The number of phenolic OH excluding ortho intramolecular Hbond substituents is 3. The highest BCUT2D eigenvalue weighted by atomic mass is 16.3. The van der Waals surface area contributed by atoms with Gasteiger partial charge in [0, 0.05) is 36.0 Å². The first-order valence-electron chi connectivity index (χ1n) is 10.2. The van der Waals surface area contributed by atoms with Crippen molar-refractivity contribution in [3.63, 3.8) is 0 Å². The van der Waals surface area contributed by atoms with Crippen LogP contribution in [0.25, 0.3) is 0 Å². The minimum Gasteiger partial charge on any atom is -0.511 e. The normalized spacial score (nSPS) is 18.5. The first-order valence-corrected chi connectivity index (χ1v) is 10.2. The molecule has 2 rings (SSSR count). The van der Waals surface area contributed by atoms with E-state index in [2.05, 4.69) is 0 Å². The van der Waals surface area contributed by atoms with Crippen molar-refractivity contribution in [2.45, 2.75) is 66.4 Å². The third-order valence-electron chi connectivity index (χ3n) is 5.85. The molecular weight excluding hydrogens is 404 g/mol. The molecule has 1 aromatic carbocycles. The first-order chi connectivity index (χ1) is 14.3. The van der Waals surface area contributed by atoms with Crippen LogP contribution in [-0.2, 0) is 11.2 Å². The first kappa shape index (κ1) is 24.3. The number of aliphatic hydroxyl groups is 3. The van der Waals surface area contributed by atoms with Gasteiger partial charge in [-0.25, -0.2) is 0 Å². The van der Waals surface area contributed by atoms with Gasteiger partial charge in [-0.3, -0.25) is 9.59 Å². The lowest BCUT2D eigenvalue weighted by molar-refractivity contribution is -0.116. The third kappa shape index (κ3) is 3.87. The smallest absolute Gasteiger partial charge is 0.170 e. The molecule has 0 aromatic heterocycles. The number of benzene rings is 1. The topological polar surface area (TPSA) is 156 Å². The second-order valence-corrected chi connectivity index (χ2v) is 8.31. The number of ketones is 2. The minimum atomic E-state index is -1.68. The summed E-state index contributed by atoms with van der Waals surface area (Å²) in [6, 6.07) is 0. The van der Waals surface area contributed by atoms with Gasteiger partial charge in [-0.1, -0.05) is 13.8 Å². The van der Waals surface area contributed by atoms with Gasteiger partial charge in [0.1, 0.15) is 40.4 Å². The fourth-order valence-electron chi connectivity index (χ4n) is 3.81. The number of carbonyl (C=O) groups is 2. The van der Waals surface area contributed by atoms with Crippen LogP contribution in [0.5, 0.6) is 17.2 Å². The van der Waals surface area contributed by atoms with E-state index >= 15 is 0 Å². The summed E-state index contributed by atoms with van der Waals surface area (Å²) in [7, 11) is 0. The summed E-state index contributed by atoms with van der Waals surface area (Å²) < 4.78 is 0. The molecule has 6 N–H and O–H groups in total. The van der Waals surface area contributed by atoms with E-state index in [1.165, 1.54) is 20.8 Å². The number of hydrogen-bond acceptors (Lipinski definition) is 8. The molecule has 0 saturated carbocycles. The molecule has 0 spiro atoms. The summed E-state index contributed by atoms with van der Waals surface area (Å²) in [4.78, 5) is 24.8. The maximum Gasteiger partial charge on any atom is 0.170 e. The molecule has 0 aliphatic heterocycles. The van der Waals surface area contributed by atoms with E-state index in [9.17, 15) is 40.2 Å². The molecule has 0 bridgehead atoms. The van der Waals surface area contributed by atoms with Gasteiger partial charge < -0.3 is 30.6 Å². The molecule has 0 saturated heterocycles. The van der Waals surface area contributed by atoms with E-state index < -0.39 is 58.3 Å². The van der Waals surface area contributed by atoms with E-state index in [4.69, 9.17) is 0 Å². The van der Waals surface area contributed by atoms with Crippen LogP contribution in [0.3, 0.4) is 0 Å². The van der Waals surface area contributed by atoms with Crippen molar-refractivity contribution in [3.8, 4) is 17.2 Å². The molecule has 0 fully saturated rings. The zero-order chi connectivity index (χ0) is 23.8. The quantitative estimate of drug-likeness (QED) is 0.355. The van der Waals surface area contributed by atoms with Crippen molar-refractivity contribution in [1.82, 2.24) is 0 Å². The van der Waals surface area contributed by atoms with E-state index in [1.807, 2.05) is 0 Å². The number of aromatic hydroxyl groups is 3. The van der Waals surface area contributed by atoms with Crippen LogP contribution in [0.15, 0.2) is 22.7 Å². The van der Waals surface area contributed by atoms with Crippen molar-refractivity contribution in [2.24, 2.45) is 5.41 Å². The van der Waals surface area contributed by atoms with Gasteiger partial charge in [0.15, 0.2) is 11.6 Å². The van der Waals surface area contributed by atoms with Crippen LogP contribution >= 0.6 is 0 Å². The van der Waals surface area contributed by atoms with Gasteiger partial charge in [-0.05, 0) is 27.2 Å². The number of carbonyl (C=O) groups excluding carboxylic acids is 2. The van der Waals surface area contributed by atoms with Crippen LogP contribution in [0.4, 0.5) is 0 Å². The molecule has 1 aliphatic rings. The Balaban J connectivity index is 2.71. The van der Waals surface area contributed by atoms with Gasteiger partial charge in [0.2, 0.25) is 0 Å². The average Bonchev–Trinajstić information content (AvgIpc) is 2.71. The van der Waals surface area contributed by atoms with Crippen LogP contribution in [-0.4, -0.2) is 48.3 Å². The van der Waals surface area contributed by atoms with E-state index in [0.717, 1.165) is 0 Å². The maximum atomic E-state index is 12.5. The van der Waals surface area contributed by atoms with Crippen molar-refractivity contribution in [3.05, 3.63) is 39.4 Å². The largest absolute Gasteiger partial charge is 0.511 e. The summed E-state index contributed by atoms with van der Waals surface area (Å²) in [5.41, 5.74) is -2.34. The van der Waals surface area contributed by atoms with Gasteiger partial charge in [0.05, 0.1) is 11.0 Å². The zero-order valence-electron chi connectivity index (χ0n) is 18.4. The van der Waals surface area contributed by atoms with Crippen molar-refractivity contribution in [2.75, 3.05) is 0 Å². The maximum absolute atomic E-state index is 12.5. The Bertz CT molecular complexity index is 998. The molecule has 1 aromatic rings. The Hall–Kier alpha value is -3.00. The lowest BCUT2D eigenvalue weighted by Gasteiger charge is -2.35. The lowest BCUT2D eigenvalue weighted by atomic mass is 9.73. The summed E-state index contributed by atoms with van der Waals surface area (Å²) in [6.07, 6.45) is -1.57. The van der Waals surface area contributed by atoms with Crippen LogP contribution < -0.4 is 0 Å². The highest BCUT2D eigenvalue weighted by molar-refractivity contribution is 6.02. The average molecular weight is 434 g/mol. The van der Waals surface area contributed by atoms with Crippen molar-refractivity contribution < 1.29 is 40.2 Å². The molecule has 31 heavy (non-hydrogen) atoms. The van der Waals surface area contributed by atoms with Crippen LogP contribution in [0.1, 0.15) is 68.4 Å². The van der Waals surface area contributed by atoms with Gasteiger partial charge in [-0.2, -0.15) is 0 Å². The fraction of sp³-hybridized carbons (Fsp3) is 0.478. The second-order valence-electron chi connectivity index (χ2n) is 8.31. The third-order valence-corrected chi connectivity index (χ3v) is 5.85. The Morgan fingerprint density at radius 1 is 0.903 bits per heavy atom. The molecule has 0 radical (unpaired) electrons. The Morgan fingerprint density at radius 3 is 2.00 bits per heavy atom. The molecule has 0 heterocycles. The summed E-state index contributed by atoms with van der Waals surface area (Å²) in [5.74, 6) is -3.62. The van der Waals surface area contributed by atoms with E-state index in [0.29, 0.717) is 6.42 Å². The highest BCUT2D eigenvalue weighted by Gasteiger charge is 2.44. The van der Waals surface area contributed by atoms with Gasteiger partial charge >= 0.3 is 0 Å². The summed E-state index contributed by atoms with van der Waals surface area (Å²) in [6.45, 7) is 7.61. The highest BCUT2D eigenvalue weighted by Crippen LogP contribution is 2.47. The molecule has 170 valence electrons. The predicted octanol–water partition coefficient (Wildman–Crippen LogP) is 3.64. The molecule has 1 aliphatic carbocycles. The van der Waals surface area contributed by atoms with Crippen LogP contribution in [0, 0.1) is 12.3 Å².